The van der Waals surface area contributed by atoms with Gasteiger partial charge < -0.3 is 24.4 Å². The minimum atomic E-state index is -2.34. The van der Waals surface area contributed by atoms with Gasteiger partial charge in [-0.25, -0.2) is 9.59 Å². The van der Waals surface area contributed by atoms with Crippen molar-refractivity contribution < 1.29 is 23.4 Å². The third kappa shape index (κ3) is 5.41. The minimum Gasteiger partial charge on any atom is -0.467 e. The van der Waals surface area contributed by atoms with Crippen LogP contribution in [0.1, 0.15) is 39.0 Å². The number of hydrogen-bond donors (Lipinski definition) is 1. The van der Waals surface area contributed by atoms with E-state index < -0.39 is 37.9 Å². The molecule has 1 aromatic carbocycles. The Balaban J connectivity index is 1.97. The molecular formula is C24H35N3O6Si. The summed E-state index contributed by atoms with van der Waals surface area (Å²) in [7, 11) is -1.04. The molecule has 0 radical (unpaired) electrons. The molecule has 3 atom stereocenters. The third-order valence-corrected chi connectivity index (χ3v) is 11.1. The first-order valence-electron chi connectivity index (χ1n) is 11.3. The Morgan fingerprint density at radius 1 is 1.26 bits per heavy atom. The van der Waals surface area contributed by atoms with E-state index in [1.165, 1.54) is 23.9 Å². The average molecular weight is 490 g/mol. The van der Waals surface area contributed by atoms with Crippen LogP contribution in [0.5, 0.6) is 0 Å². The second-order valence-corrected chi connectivity index (χ2v) is 14.8. The topological polar surface area (TPSA) is 115 Å². The van der Waals surface area contributed by atoms with Crippen molar-refractivity contribution in [1.29, 1.82) is 0 Å². The normalized spacial score (nSPS) is 23.1. The number of nitrogens with zero attached hydrogens (tertiary/aromatic N) is 2. The summed E-state index contributed by atoms with van der Waals surface area (Å²) in [5.41, 5.74) is 4.49. The fourth-order valence-electron chi connectivity index (χ4n) is 3.66. The first-order chi connectivity index (χ1) is 15.9. The number of esters is 1. The summed E-state index contributed by atoms with van der Waals surface area (Å²) in [4.78, 5) is 29.6. The van der Waals surface area contributed by atoms with E-state index in [1.807, 2.05) is 30.3 Å². The van der Waals surface area contributed by atoms with Crippen LogP contribution in [0.4, 0.5) is 5.82 Å². The Morgan fingerprint density at radius 3 is 2.53 bits per heavy atom. The van der Waals surface area contributed by atoms with E-state index in [1.54, 1.807) is 0 Å². The SMILES string of the molecule is COC(=O)[C@]1(COCc2ccccc2)O[C@@H](n2ccc(N)nc2=O)C[C@@H]1O[Si](C)(C)C(C)(C)C. The lowest BCUT2D eigenvalue weighted by atomic mass is 9.97. The second-order valence-electron chi connectivity index (χ2n) is 10.1. The van der Waals surface area contributed by atoms with Crippen LogP contribution in [-0.4, -0.2) is 49.3 Å². The molecule has 1 aliphatic rings. The van der Waals surface area contributed by atoms with Crippen LogP contribution in [0.3, 0.4) is 0 Å². The lowest BCUT2D eigenvalue weighted by molar-refractivity contribution is -0.191. The number of hydrogen-bond acceptors (Lipinski definition) is 8. The van der Waals surface area contributed by atoms with Crippen molar-refractivity contribution in [2.24, 2.45) is 0 Å². The van der Waals surface area contributed by atoms with Crippen LogP contribution in [0.15, 0.2) is 47.4 Å². The predicted molar refractivity (Wildman–Crippen MR) is 131 cm³/mol. The quantitative estimate of drug-likeness (QED) is 0.444. The molecular weight excluding hydrogens is 454 g/mol. The molecule has 0 aliphatic carbocycles. The molecule has 1 saturated heterocycles. The zero-order valence-electron chi connectivity index (χ0n) is 20.7. The third-order valence-electron chi connectivity index (χ3n) is 6.65. The molecule has 2 heterocycles. The summed E-state index contributed by atoms with van der Waals surface area (Å²) >= 11 is 0. The Bertz CT molecular complexity index is 1050. The Hall–Kier alpha value is -2.53. The minimum absolute atomic E-state index is 0.0957. The molecule has 2 aromatic rings. The number of ether oxygens (including phenoxy) is 3. The number of nitrogens with two attached hydrogens (primary N) is 1. The highest BCUT2D eigenvalue weighted by Crippen LogP contribution is 2.45. The van der Waals surface area contributed by atoms with E-state index in [0.29, 0.717) is 0 Å². The van der Waals surface area contributed by atoms with Crippen molar-refractivity contribution in [2.75, 3.05) is 19.5 Å². The highest BCUT2D eigenvalue weighted by Gasteiger charge is 2.59. The Morgan fingerprint density at radius 2 is 1.94 bits per heavy atom. The number of anilines is 1. The highest BCUT2D eigenvalue weighted by atomic mass is 28.4. The van der Waals surface area contributed by atoms with Gasteiger partial charge in [0.25, 0.3) is 0 Å². The number of aromatic nitrogens is 2. The number of benzene rings is 1. The monoisotopic (exact) mass is 489 g/mol. The maximum absolute atomic E-state index is 13.2. The van der Waals surface area contributed by atoms with Gasteiger partial charge in [0.15, 0.2) is 8.32 Å². The number of carbonyl (C=O) groups excluding carboxylic acids is 1. The van der Waals surface area contributed by atoms with Crippen LogP contribution >= 0.6 is 0 Å². The summed E-state index contributed by atoms with van der Waals surface area (Å²) in [5, 5.41) is -0.114. The zero-order chi connectivity index (χ0) is 25.1. The number of carbonyl (C=O) groups is 1. The van der Waals surface area contributed by atoms with Gasteiger partial charge in [-0.1, -0.05) is 51.1 Å². The van der Waals surface area contributed by atoms with E-state index >= 15 is 0 Å². The van der Waals surface area contributed by atoms with Gasteiger partial charge in [-0.15, -0.1) is 0 Å². The smallest absolute Gasteiger partial charge is 0.351 e. The van der Waals surface area contributed by atoms with E-state index in [9.17, 15) is 9.59 Å². The molecule has 1 aromatic heterocycles. The van der Waals surface area contributed by atoms with Crippen molar-refractivity contribution in [3.63, 3.8) is 0 Å². The molecule has 2 N–H and O–H groups in total. The van der Waals surface area contributed by atoms with Crippen LogP contribution in [0.25, 0.3) is 0 Å². The summed E-state index contributed by atoms with van der Waals surface area (Å²) < 4.78 is 25.5. The lowest BCUT2D eigenvalue weighted by Crippen LogP contribution is -2.57. The first-order valence-corrected chi connectivity index (χ1v) is 14.2. The average Bonchev–Trinajstić information content (AvgIpc) is 3.11. The molecule has 1 fully saturated rings. The summed E-state index contributed by atoms with van der Waals surface area (Å²) in [6, 6.07) is 11.1. The van der Waals surface area contributed by atoms with Crippen molar-refractivity contribution >= 4 is 20.1 Å². The van der Waals surface area contributed by atoms with Crippen LogP contribution in [0, 0.1) is 0 Å². The molecule has 34 heavy (non-hydrogen) atoms. The van der Waals surface area contributed by atoms with Gasteiger partial charge in [-0.2, -0.15) is 4.98 Å². The van der Waals surface area contributed by atoms with Crippen LogP contribution < -0.4 is 11.4 Å². The Kier molecular flexibility index (Phi) is 7.66. The maximum atomic E-state index is 13.2. The summed E-state index contributed by atoms with van der Waals surface area (Å²) in [5.74, 6) is -0.498. The maximum Gasteiger partial charge on any atom is 0.351 e. The molecule has 186 valence electrons. The van der Waals surface area contributed by atoms with Gasteiger partial charge >= 0.3 is 11.7 Å². The predicted octanol–water partition coefficient (Wildman–Crippen LogP) is 3.26. The van der Waals surface area contributed by atoms with Gasteiger partial charge in [-0.05, 0) is 29.8 Å². The van der Waals surface area contributed by atoms with Gasteiger partial charge in [0.2, 0.25) is 5.60 Å². The van der Waals surface area contributed by atoms with Gasteiger partial charge in [0.05, 0.1) is 26.4 Å². The summed E-state index contributed by atoms with van der Waals surface area (Å²) in [6.07, 6.45) is 0.277. The van der Waals surface area contributed by atoms with E-state index in [2.05, 4.69) is 38.8 Å². The van der Waals surface area contributed by atoms with Gasteiger partial charge in [-0.3, -0.25) is 4.57 Å². The number of methoxy groups -OCH3 is 1. The molecule has 10 heteroatoms. The summed E-state index contributed by atoms with van der Waals surface area (Å²) in [6.45, 7) is 10.7. The first kappa shape index (κ1) is 26.1. The zero-order valence-corrected chi connectivity index (χ0v) is 21.7. The largest absolute Gasteiger partial charge is 0.467 e. The molecule has 1 aliphatic heterocycles. The van der Waals surface area contributed by atoms with Crippen molar-refractivity contribution in [2.45, 2.75) is 69.9 Å². The molecule has 9 nitrogen and oxygen atoms in total. The molecule has 0 spiro atoms. The Labute approximate surface area is 201 Å². The molecule has 0 amide bonds. The van der Waals surface area contributed by atoms with Crippen molar-refractivity contribution in [1.82, 2.24) is 9.55 Å². The van der Waals surface area contributed by atoms with Crippen molar-refractivity contribution in [3.05, 3.63) is 58.6 Å². The van der Waals surface area contributed by atoms with Gasteiger partial charge in [0.1, 0.15) is 12.0 Å². The molecule has 0 unspecified atom stereocenters. The van der Waals surface area contributed by atoms with Crippen molar-refractivity contribution in [3.8, 4) is 0 Å². The van der Waals surface area contributed by atoms with E-state index in [0.717, 1.165) is 5.56 Å². The molecule has 0 bridgehead atoms. The van der Waals surface area contributed by atoms with Crippen LogP contribution in [-0.2, 0) is 30.0 Å². The second kappa shape index (κ2) is 9.99. The number of rotatable bonds is 8. The van der Waals surface area contributed by atoms with E-state index in [-0.39, 0.29) is 30.5 Å². The van der Waals surface area contributed by atoms with E-state index in [4.69, 9.17) is 24.4 Å². The van der Waals surface area contributed by atoms with Gasteiger partial charge in [0, 0.05) is 12.6 Å². The standard InChI is InChI=1S/C24H35N3O6Si/c1-23(2,3)34(5,6)33-18-14-20(27-13-12-19(25)26-22(27)29)32-24(18,21(28)30-4)16-31-15-17-10-8-7-9-11-17/h7-13,18,20H,14-16H2,1-6H3,(H2,25,26,29)/t18-,20+,24+/m0/s1. The molecule has 3 rings (SSSR count). The lowest BCUT2D eigenvalue weighted by Gasteiger charge is -2.41. The fraction of sp³-hybridized carbons (Fsp3) is 0.542. The molecule has 0 saturated carbocycles. The highest BCUT2D eigenvalue weighted by molar-refractivity contribution is 6.74. The number of nitrogen functional groups attached to an aromatic ring is 1. The fourth-order valence-corrected chi connectivity index (χ4v) is 5.02. The van der Waals surface area contributed by atoms with Crippen LogP contribution in [0.2, 0.25) is 18.1 Å².